The van der Waals surface area contributed by atoms with Gasteiger partial charge < -0.3 is 59.9 Å². The van der Waals surface area contributed by atoms with Crippen LogP contribution in [0, 0.1) is 0 Å². The number of aliphatic hydroxyl groups excluding tert-OH is 1. The predicted octanol–water partition coefficient (Wildman–Crippen LogP) is -4.10. The van der Waals surface area contributed by atoms with Crippen molar-refractivity contribution in [1.82, 2.24) is 16.0 Å². The molecule has 0 heterocycles. The predicted molar refractivity (Wildman–Crippen MR) is 150 cm³/mol. The second-order valence-corrected chi connectivity index (χ2v) is 9.08. The second-order valence-electron chi connectivity index (χ2n) is 9.08. The molecule has 16 N–H and O–H groups in total. The fourth-order valence-electron chi connectivity index (χ4n) is 3.53. The fourth-order valence-corrected chi connectivity index (χ4v) is 3.53. The number of nitrogens with one attached hydrogen (secondary N) is 3. The lowest BCUT2D eigenvalue weighted by Crippen LogP contribution is -2.58. The molecule has 0 bridgehead atoms. The molecule has 1 aromatic rings. The summed E-state index contributed by atoms with van der Waals surface area (Å²) < 4.78 is 0. The van der Waals surface area contributed by atoms with E-state index in [1.165, 1.54) is 12.1 Å². The number of carboxylic acid groups (broad SMARTS) is 1. The summed E-state index contributed by atoms with van der Waals surface area (Å²) in [5, 5.41) is 35.8. The third kappa shape index (κ3) is 13.8. The Balaban J connectivity index is 2.90. The van der Waals surface area contributed by atoms with E-state index in [4.69, 9.17) is 28.7 Å². The largest absolute Gasteiger partial charge is 0.508 e. The van der Waals surface area contributed by atoms with Gasteiger partial charge in [-0.3, -0.25) is 24.4 Å². The Morgan fingerprint density at radius 1 is 0.756 bits per heavy atom. The second kappa shape index (κ2) is 17.9. The Morgan fingerprint density at radius 3 is 1.71 bits per heavy atom. The van der Waals surface area contributed by atoms with Gasteiger partial charge in [-0.15, -0.1) is 0 Å². The van der Waals surface area contributed by atoms with E-state index in [-0.39, 0.29) is 62.9 Å². The van der Waals surface area contributed by atoms with Gasteiger partial charge in [0.05, 0.1) is 12.6 Å². The van der Waals surface area contributed by atoms with Gasteiger partial charge in [-0.2, -0.15) is 0 Å². The standard InChI is InChI=1S/C24H40N10O7/c25-15(11-13-5-7-14(36)8-6-13)19(37)34-18(12-35)21(39)32-16(3-1-9-30-23(26)27)20(38)33-17(22(40)41)4-2-10-31-24(28)29/h5-8,15-18,35-36H,1-4,9-12,25H2,(H,32,39)(H,33,38)(H,34,37)(H,40,41)(H4,26,27,30)(H4,28,29,31). The maximum absolute atomic E-state index is 13.0. The molecule has 0 spiro atoms. The Bertz CT molecular complexity index is 1070. The number of rotatable bonds is 18. The molecule has 0 aliphatic carbocycles. The SMILES string of the molecule is NC(N)=NCCCC(NC(=O)C(CCCN=C(N)N)NC(=O)C(CO)NC(=O)C(N)Cc1ccc(O)cc1)C(=O)O. The smallest absolute Gasteiger partial charge is 0.326 e. The van der Waals surface area contributed by atoms with Crippen LogP contribution in [0.3, 0.4) is 0 Å². The fraction of sp³-hybridized carbons (Fsp3) is 0.500. The lowest BCUT2D eigenvalue weighted by molar-refractivity contribution is -0.142. The van der Waals surface area contributed by atoms with Gasteiger partial charge in [0, 0.05) is 13.1 Å². The van der Waals surface area contributed by atoms with Crippen molar-refractivity contribution >= 4 is 35.6 Å². The summed E-state index contributed by atoms with van der Waals surface area (Å²) >= 11 is 0. The number of hydrogen-bond acceptors (Lipinski definition) is 9. The van der Waals surface area contributed by atoms with Crippen molar-refractivity contribution in [3.63, 3.8) is 0 Å². The molecule has 17 heteroatoms. The molecule has 0 aliphatic rings. The quantitative estimate of drug-likeness (QED) is 0.0448. The van der Waals surface area contributed by atoms with E-state index in [0.717, 1.165) is 0 Å². The number of carboxylic acids is 1. The molecule has 0 aliphatic heterocycles. The van der Waals surface area contributed by atoms with Crippen LogP contribution in [0.15, 0.2) is 34.3 Å². The number of aromatic hydroxyl groups is 1. The van der Waals surface area contributed by atoms with Crippen LogP contribution in [-0.4, -0.2) is 94.8 Å². The van der Waals surface area contributed by atoms with Gasteiger partial charge in [0.25, 0.3) is 0 Å². The summed E-state index contributed by atoms with van der Waals surface area (Å²) in [4.78, 5) is 57.8. The maximum atomic E-state index is 13.0. The van der Waals surface area contributed by atoms with E-state index in [1.807, 2.05) is 0 Å². The Labute approximate surface area is 236 Å². The van der Waals surface area contributed by atoms with Crippen molar-refractivity contribution < 1.29 is 34.5 Å². The molecular weight excluding hydrogens is 540 g/mol. The van der Waals surface area contributed by atoms with Crippen molar-refractivity contribution in [3.05, 3.63) is 29.8 Å². The van der Waals surface area contributed by atoms with Gasteiger partial charge in [0.1, 0.15) is 23.9 Å². The van der Waals surface area contributed by atoms with E-state index in [2.05, 4.69) is 25.9 Å². The summed E-state index contributed by atoms with van der Waals surface area (Å²) in [6, 6.07) is 0.910. The number of aliphatic carboxylic acids is 1. The van der Waals surface area contributed by atoms with Crippen LogP contribution in [0.2, 0.25) is 0 Å². The Morgan fingerprint density at radius 2 is 1.22 bits per heavy atom. The highest BCUT2D eigenvalue weighted by Crippen LogP contribution is 2.11. The molecule has 0 fully saturated rings. The van der Waals surface area contributed by atoms with Gasteiger partial charge in [-0.05, 0) is 49.8 Å². The van der Waals surface area contributed by atoms with Crippen molar-refractivity contribution in [3.8, 4) is 5.75 Å². The first kappa shape index (κ1) is 34.4. The molecule has 0 saturated carbocycles. The topological polar surface area (TPSA) is 320 Å². The normalized spacial score (nSPS) is 13.5. The first-order valence-corrected chi connectivity index (χ1v) is 12.7. The van der Waals surface area contributed by atoms with E-state index < -0.39 is 54.5 Å². The lowest BCUT2D eigenvalue weighted by atomic mass is 10.1. The zero-order valence-electron chi connectivity index (χ0n) is 22.5. The highest BCUT2D eigenvalue weighted by atomic mass is 16.4. The zero-order valence-corrected chi connectivity index (χ0v) is 22.5. The molecule has 0 aromatic heterocycles. The minimum atomic E-state index is -1.46. The Hall–Kier alpha value is -4.64. The number of phenolic OH excluding ortho intramolecular Hbond substituents is 1. The van der Waals surface area contributed by atoms with Gasteiger partial charge in [0.15, 0.2) is 11.9 Å². The first-order chi connectivity index (χ1) is 19.3. The number of hydrogen-bond donors (Lipinski definition) is 11. The molecule has 228 valence electrons. The summed E-state index contributed by atoms with van der Waals surface area (Å²) in [6.45, 7) is -0.545. The highest BCUT2D eigenvalue weighted by molar-refractivity contribution is 5.94. The number of nitrogens with zero attached hydrogens (tertiary/aromatic N) is 2. The van der Waals surface area contributed by atoms with Crippen molar-refractivity contribution in [2.45, 2.75) is 56.3 Å². The minimum Gasteiger partial charge on any atom is -0.508 e. The number of aliphatic hydroxyl groups is 1. The van der Waals surface area contributed by atoms with Crippen molar-refractivity contribution in [2.75, 3.05) is 19.7 Å². The van der Waals surface area contributed by atoms with Crippen LogP contribution in [0.5, 0.6) is 5.75 Å². The van der Waals surface area contributed by atoms with E-state index in [1.54, 1.807) is 12.1 Å². The monoisotopic (exact) mass is 580 g/mol. The lowest BCUT2D eigenvalue weighted by Gasteiger charge is -2.24. The zero-order chi connectivity index (χ0) is 30.9. The number of aliphatic imine (C=N–C) groups is 2. The van der Waals surface area contributed by atoms with Crippen LogP contribution in [0.4, 0.5) is 0 Å². The molecule has 0 radical (unpaired) electrons. The van der Waals surface area contributed by atoms with E-state index in [0.29, 0.717) is 5.56 Å². The molecule has 1 aromatic carbocycles. The number of carbonyl (C=O) groups is 4. The van der Waals surface area contributed by atoms with Crippen LogP contribution < -0.4 is 44.6 Å². The summed E-state index contributed by atoms with van der Waals surface area (Å²) in [5.41, 5.74) is 27.7. The number of carbonyl (C=O) groups excluding carboxylic acids is 3. The average Bonchev–Trinajstić information content (AvgIpc) is 2.90. The third-order valence-corrected chi connectivity index (χ3v) is 5.68. The number of nitrogens with two attached hydrogens (primary N) is 5. The molecule has 1 rings (SSSR count). The highest BCUT2D eigenvalue weighted by Gasteiger charge is 2.30. The van der Waals surface area contributed by atoms with Crippen LogP contribution in [0.1, 0.15) is 31.2 Å². The van der Waals surface area contributed by atoms with Crippen molar-refractivity contribution in [1.29, 1.82) is 0 Å². The number of amides is 3. The summed E-state index contributed by atoms with van der Waals surface area (Å²) in [5.74, 6) is -4.06. The Kier molecular flexibility index (Phi) is 15.0. The average molecular weight is 581 g/mol. The molecule has 41 heavy (non-hydrogen) atoms. The first-order valence-electron chi connectivity index (χ1n) is 12.7. The van der Waals surface area contributed by atoms with Gasteiger partial charge in [0.2, 0.25) is 17.7 Å². The number of phenols is 1. The van der Waals surface area contributed by atoms with Crippen LogP contribution in [-0.2, 0) is 25.6 Å². The van der Waals surface area contributed by atoms with Crippen molar-refractivity contribution in [2.24, 2.45) is 38.7 Å². The molecule has 4 atom stereocenters. The summed E-state index contributed by atoms with van der Waals surface area (Å²) in [7, 11) is 0. The third-order valence-electron chi connectivity index (χ3n) is 5.68. The van der Waals surface area contributed by atoms with E-state index in [9.17, 15) is 34.5 Å². The van der Waals surface area contributed by atoms with E-state index >= 15 is 0 Å². The minimum absolute atomic E-state index is 0.000756. The molecular formula is C24H40N10O7. The van der Waals surface area contributed by atoms with Gasteiger partial charge in [-0.25, -0.2) is 4.79 Å². The van der Waals surface area contributed by atoms with Crippen LogP contribution >= 0.6 is 0 Å². The number of benzene rings is 1. The molecule has 3 amide bonds. The number of guanidine groups is 2. The van der Waals surface area contributed by atoms with Crippen LogP contribution in [0.25, 0.3) is 0 Å². The molecule has 17 nitrogen and oxygen atoms in total. The molecule has 4 unspecified atom stereocenters. The summed E-state index contributed by atoms with van der Waals surface area (Å²) in [6.07, 6.45) is 0.565. The molecule has 0 saturated heterocycles. The van der Waals surface area contributed by atoms with Gasteiger partial charge in [-0.1, -0.05) is 12.1 Å². The maximum Gasteiger partial charge on any atom is 0.326 e. The van der Waals surface area contributed by atoms with Gasteiger partial charge >= 0.3 is 5.97 Å².